The van der Waals surface area contributed by atoms with Crippen LogP contribution >= 0.6 is 23.5 Å². The maximum absolute atomic E-state index is 11.2. The fourth-order valence-electron chi connectivity index (χ4n) is 1.96. The van der Waals surface area contributed by atoms with Gasteiger partial charge in [0, 0.05) is 0 Å². The average Bonchev–Trinajstić information content (AvgIpc) is 2.85. The van der Waals surface area contributed by atoms with E-state index in [2.05, 4.69) is 0 Å². The molecule has 0 saturated carbocycles. The van der Waals surface area contributed by atoms with E-state index >= 15 is 0 Å². The van der Waals surface area contributed by atoms with Crippen LogP contribution in [0.15, 0.2) is 12.1 Å². The first-order valence-corrected chi connectivity index (χ1v) is 7.66. The number of thioether (sulfide) groups is 2. The summed E-state index contributed by atoms with van der Waals surface area (Å²) in [5, 5.41) is 11.2. The van der Waals surface area contributed by atoms with E-state index in [1.165, 1.54) is 6.07 Å². The third kappa shape index (κ3) is 2.12. The highest BCUT2D eigenvalue weighted by Gasteiger charge is 2.29. The van der Waals surface area contributed by atoms with Crippen LogP contribution in [-0.4, -0.2) is 23.2 Å². The summed E-state index contributed by atoms with van der Waals surface area (Å²) in [6.07, 6.45) is 1.16. The van der Waals surface area contributed by atoms with E-state index in [4.69, 9.17) is 9.47 Å². The van der Waals surface area contributed by atoms with Crippen LogP contribution in [0.25, 0.3) is 0 Å². The zero-order valence-corrected chi connectivity index (χ0v) is 11.1. The summed E-state index contributed by atoms with van der Waals surface area (Å²) in [6, 6.07) is 3.24. The zero-order chi connectivity index (χ0) is 12.5. The van der Waals surface area contributed by atoms with Crippen LogP contribution in [0.1, 0.15) is 16.6 Å². The molecule has 2 aliphatic heterocycles. The fraction of sp³-hybridized carbons (Fsp3) is 0.455. The number of nitrogens with zero attached hydrogens (tertiary/aromatic N) is 1. The van der Waals surface area contributed by atoms with Crippen molar-refractivity contribution in [1.82, 2.24) is 0 Å². The zero-order valence-electron chi connectivity index (χ0n) is 9.46. The highest BCUT2D eigenvalue weighted by atomic mass is 32.2. The molecule has 0 unspecified atom stereocenters. The van der Waals surface area contributed by atoms with Crippen LogP contribution in [0.4, 0.5) is 5.69 Å². The van der Waals surface area contributed by atoms with Crippen molar-refractivity contribution >= 4 is 29.2 Å². The highest BCUT2D eigenvalue weighted by molar-refractivity contribution is 8.16. The van der Waals surface area contributed by atoms with Gasteiger partial charge in [-0.2, -0.15) is 0 Å². The van der Waals surface area contributed by atoms with Crippen molar-refractivity contribution in [2.24, 2.45) is 0 Å². The van der Waals surface area contributed by atoms with Crippen molar-refractivity contribution in [2.75, 3.05) is 18.3 Å². The number of hydrogen-bond donors (Lipinski definition) is 0. The monoisotopic (exact) mass is 285 g/mol. The van der Waals surface area contributed by atoms with Gasteiger partial charge in [-0.25, -0.2) is 0 Å². The lowest BCUT2D eigenvalue weighted by Gasteiger charge is -2.21. The van der Waals surface area contributed by atoms with E-state index in [1.54, 1.807) is 29.6 Å². The van der Waals surface area contributed by atoms with Gasteiger partial charge in [0.2, 0.25) is 6.79 Å². The third-order valence-corrected chi connectivity index (χ3v) is 5.78. The second kappa shape index (κ2) is 4.89. The lowest BCUT2D eigenvalue weighted by molar-refractivity contribution is -0.385. The summed E-state index contributed by atoms with van der Waals surface area (Å²) in [5.74, 6) is 3.17. The highest BCUT2D eigenvalue weighted by Crippen LogP contribution is 2.50. The molecule has 1 aromatic carbocycles. The average molecular weight is 285 g/mol. The maximum Gasteiger partial charge on any atom is 0.278 e. The van der Waals surface area contributed by atoms with E-state index in [-0.39, 0.29) is 22.0 Å². The van der Waals surface area contributed by atoms with Crippen LogP contribution < -0.4 is 9.47 Å². The summed E-state index contributed by atoms with van der Waals surface area (Å²) >= 11 is 3.51. The molecule has 18 heavy (non-hydrogen) atoms. The smallest absolute Gasteiger partial charge is 0.278 e. The van der Waals surface area contributed by atoms with Crippen LogP contribution in [0.3, 0.4) is 0 Å². The Morgan fingerprint density at radius 3 is 2.56 bits per heavy atom. The van der Waals surface area contributed by atoms with Gasteiger partial charge in [0.05, 0.1) is 21.1 Å². The van der Waals surface area contributed by atoms with Crippen molar-refractivity contribution in [3.8, 4) is 11.5 Å². The second-order valence-electron chi connectivity index (χ2n) is 3.95. The number of nitro benzene ring substituents is 1. The standard InChI is InChI=1S/C11H11NO4S2/c13-12(14)8-5-10-9(15-6-16-10)4-7(8)11-17-2-1-3-18-11/h4-5,11H,1-3,6H2. The Labute approximate surface area is 112 Å². The predicted molar refractivity (Wildman–Crippen MR) is 71.5 cm³/mol. The van der Waals surface area contributed by atoms with E-state index in [9.17, 15) is 10.1 Å². The van der Waals surface area contributed by atoms with Crippen LogP contribution in [0.2, 0.25) is 0 Å². The minimum atomic E-state index is -0.340. The predicted octanol–water partition coefficient (Wildman–Crippen LogP) is 3.19. The van der Waals surface area contributed by atoms with Crippen molar-refractivity contribution in [2.45, 2.75) is 11.0 Å². The molecule has 7 heteroatoms. The Morgan fingerprint density at radius 1 is 1.22 bits per heavy atom. The van der Waals surface area contributed by atoms with Gasteiger partial charge in [0.15, 0.2) is 11.5 Å². The number of hydrogen-bond acceptors (Lipinski definition) is 6. The largest absolute Gasteiger partial charge is 0.454 e. The number of fused-ring (bicyclic) bond motifs is 1. The Balaban J connectivity index is 2.02. The summed E-state index contributed by atoms with van der Waals surface area (Å²) < 4.78 is 10.6. The van der Waals surface area contributed by atoms with Crippen molar-refractivity contribution in [3.63, 3.8) is 0 Å². The van der Waals surface area contributed by atoms with Gasteiger partial charge in [-0.1, -0.05) is 0 Å². The molecule has 0 bridgehead atoms. The second-order valence-corrected chi connectivity index (χ2v) is 6.67. The van der Waals surface area contributed by atoms with Crippen molar-refractivity contribution < 1.29 is 14.4 Å². The molecule has 2 aliphatic rings. The summed E-state index contributed by atoms with van der Waals surface area (Å²) in [6.45, 7) is 0.140. The molecule has 1 fully saturated rings. The minimum Gasteiger partial charge on any atom is -0.454 e. The molecule has 2 heterocycles. The Kier molecular flexibility index (Phi) is 3.25. The van der Waals surface area contributed by atoms with Crippen LogP contribution in [0, 0.1) is 10.1 Å². The fourth-order valence-corrected chi connectivity index (χ4v) is 4.89. The summed E-state index contributed by atoms with van der Waals surface area (Å²) in [5.41, 5.74) is 0.866. The minimum absolute atomic E-state index is 0.119. The molecule has 5 nitrogen and oxygen atoms in total. The molecule has 0 aromatic heterocycles. The normalized spacial score (nSPS) is 18.9. The molecule has 3 rings (SSSR count). The third-order valence-electron chi connectivity index (χ3n) is 2.80. The molecule has 0 N–H and O–H groups in total. The molecule has 96 valence electrons. The van der Waals surface area contributed by atoms with Crippen LogP contribution in [0.5, 0.6) is 11.5 Å². The first-order chi connectivity index (χ1) is 8.75. The first-order valence-electron chi connectivity index (χ1n) is 5.57. The van der Waals surface area contributed by atoms with Gasteiger partial charge >= 0.3 is 0 Å². The van der Waals surface area contributed by atoms with E-state index in [0.29, 0.717) is 11.5 Å². The molecular weight excluding hydrogens is 274 g/mol. The van der Waals surface area contributed by atoms with E-state index in [0.717, 1.165) is 23.5 Å². The lowest BCUT2D eigenvalue weighted by atomic mass is 10.2. The number of benzene rings is 1. The van der Waals surface area contributed by atoms with Gasteiger partial charge in [0.1, 0.15) is 0 Å². The van der Waals surface area contributed by atoms with Gasteiger partial charge in [-0.15, -0.1) is 23.5 Å². The number of nitro groups is 1. The molecule has 1 saturated heterocycles. The van der Waals surface area contributed by atoms with E-state index in [1.807, 2.05) is 0 Å². The van der Waals surface area contributed by atoms with Gasteiger partial charge < -0.3 is 9.47 Å². The first kappa shape index (κ1) is 12.0. The molecule has 0 amide bonds. The van der Waals surface area contributed by atoms with Crippen molar-refractivity contribution in [1.29, 1.82) is 0 Å². The topological polar surface area (TPSA) is 61.6 Å². The maximum atomic E-state index is 11.2. The Morgan fingerprint density at radius 2 is 1.89 bits per heavy atom. The van der Waals surface area contributed by atoms with Gasteiger partial charge in [-0.05, 0) is 24.0 Å². The molecule has 0 spiro atoms. The van der Waals surface area contributed by atoms with Gasteiger partial charge in [0.25, 0.3) is 5.69 Å². The molecule has 1 aromatic rings. The Bertz CT molecular complexity index is 488. The number of rotatable bonds is 2. The SMILES string of the molecule is O=[N+]([O-])c1cc2c(cc1C1SCCCS1)OCO2. The van der Waals surface area contributed by atoms with Crippen molar-refractivity contribution in [3.05, 3.63) is 27.8 Å². The lowest BCUT2D eigenvalue weighted by Crippen LogP contribution is -2.03. The molecule has 0 aliphatic carbocycles. The number of ether oxygens (including phenoxy) is 2. The quantitative estimate of drug-likeness (QED) is 0.614. The van der Waals surface area contributed by atoms with Crippen LogP contribution in [-0.2, 0) is 0 Å². The molecule has 0 radical (unpaired) electrons. The van der Waals surface area contributed by atoms with Gasteiger partial charge in [-0.3, -0.25) is 10.1 Å². The molecule has 0 atom stereocenters. The summed E-state index contributed by atoms with van der Waals surface area (Å²) in [4.78, 5) is 10.8. The van der Waals surface area contributed by atoms with E-state index < -0.39 is 0 Å². The molecular formula is C11H11NO4S2. The Hall–Kier alpha value is -1.08. The summed E-state index contributed by atoms with van der Waals surface area (Å²) in [7, 11) is 0.